The van der Waals surface area contributed by atoms with Crippen molar-refractivity contribution in [3.63, 3.8) is 0 Å². The molecule has 21 heavy (non-hydrogen) atoms. The normalized spacial score (nSPS) is 20.0. The number of benzene rings is 2. The van der Waals surface area contributed by atoms with E-state index in [1.165, 1.54) is 5.56 Å². The molecular formula is C17H18N2O2. The first-order valence-electron chi connectivity index (χ1n) is 7.04. The molecule has 2 unspecified atom stereocenters. The fraction of sp³-hybridized carbons (Fsp3) is 0.235. The average Bonchev–Trinajstić information content (AvgIpc) is 2.75. The summed E-state index contributed by atoms with van der Waals surface area (Å²) in [5.74, 6) is 0.0842. The highest BCUT2D eigenvalue weighted by atomic mass is 16.3. The number of rotatable bonds is 3. The van der Waals surface area contributed by atoms with Crippen LogP contribution in [0.1, 0.15) is 22.7 Å². The van der Waals surface area contributed by atoms with Gasteiger partial charge < -0.3 is 16.2 Å². The number of nitrogens with one attached hydrogen (secondary N) is 1. The quantitative estimate of drug-likeness (QED) is 0.801. The van der Waals surface area contributed by atoms with Crippen molar-refractivity contribution >= 4 is 5.91 Å². The lowest BCUT2D eigenvalue weighted by molar-refractivity contribution is -0.121. The van der Waals surface area contributed by atoms with Crippen molar-refractivity contribution < 1.29 is 9.90 Å². The molecule has 4 N–H and O–H groups in total. The largest absolute Gasteiger partial charge is 0.508 e. The lowest BCUT2D eigenvalue weighted by Gasteiger charge is -2.18. The van der Waals surface area contributed by atoms with Crippen LogP contribution in [0, 0.1) is 0 Å². The summed E-state index contributed by atoms with van der Waals surface area (Å²) in [4.78, 5) is 12.2. The SMILES string of the molecule is NC1Cc2ccccc2C1NC(=O)Cc1cccc(O)c1. The number of phenolic OH excluding ortho intramolecular Hbond substituents is 1. The van der Waals surface area contributed by atoms with E-state index in [2.05, 4.69) is 11.4 Å². The number of aromatic hydroxyl groups is 1. The number of carbonyl (C=O) groups excluding carboxylic acids is 1. The van der Waals surface area contributed by atoms with Crippen LogP contribution in [0.5, 0.6) is 5.75 Å². The van der Waals surface area contributed by atoms with Crippen molar-refractivity contribution in [3.05, 3.63) is 65.2 Å². The highest BCUT2D eigenvalue weighted by Gasteiger charge is 2.30. The number of nitrogens with two attached hydrogens (primary N) is 1. The van der Waals surface area contributed by atoms with Gasteiger partial charge in [0.1, 0.15) is 5.75 Å². The third-order valence-corrected chi connectivity index (χ3v) is 3.87. The molecule has 0 radical (unpaired) electrons. The number of phenols is 1. The molecule has 0 fully saturated rings. The van der Waals surface area contributed by atoms with Crippen molar-refractivity contribution in [2.24, 2.45) is 5.73 Å². The molecule has 108 valence electrons. The molecule has 4 heteroatoms. The van der Waals surface area contributed by atoms with Gasteiger partial charge in [-0.15, -0.1) is 0 Å². The van der Waals surface area contributed by atoms with Gasteiger partial charge in [0.25, 0.3) is 0 Å². The van der Waals surface area contributed by atoms with Gasteiger partial charge in [-0.3, -0.25) is 4.79 Å². The van der Waals surface area contributed by atoms with E-state index < -0.39 is 0 Å². The number of carbonyl (C=O) groups is 1. The van der Waals surface area contributed by atoms with E-state index in [-0.39, 0.29) is 30.2 Å². The maximum absolute atomic E-state index is 12.2. The summed E-state index contributed by atoms with van der Waals surface area (Å²) in [7, 11) is 0. The predicted molar refractivity (Wildman–Crippen MR) is 80.8 cm³/mol. The van der Waals surface area contributed by atoms with Crippen LogP contribution >= 0.6 is 0 Å². The first-order chi connectivity index (χ1) is 10.1. The minimum absolute atomic E-state index is 0.0854. The van der Waals surface area contributed by atoms with Crippen LogP contribution in [-0.2, 0) is 17.6 Å². The highest BCUT2D eigenvalue weighted by molar-refractivity contribution is 5.79. The maximum atomic E-state index is 12.2. The monoisotopic (exact) mass is 282 g/mol. The Kier molecular flexibility index (Phi) is 3.62. The zero-order valence-electron chi connectivity index (χ0n) is 11.6. The van der Waals surface area contributed by atoms with E-state index in [4.69, 9.17) is 5.73 Å². The molecule has 0 aromatic heterocycles. The topological polar surface area (TPSA) is 75.3 Å². The molecule has 0 bridgehead atoms. The van der Waals surface area contributed by atoms with E-state index >= 15 is 0 Å². The summed E-state index contributed by atoms with van der Waals surface area (Å²) in [6.07, 6.45) is 1.02. The van der Waals surface area contributed by atoms with Crippen LogP contribution in [0.2, 0.25) is 0 Å². The van der Waals surface area contributed by atoms with E-state index in [9.17, 15) is 9.90 Å². The molecule has 2 aromatic carbocycles. The summed E-state index contributed by atoms with van der Waals surface area (Å²) in [6.45, 7) is 0. The Morgan fingerprint density at radius 3 is 2.86 bits per heavy atom. The molecule has 4 nitrogen and oxygen atoms in total. The van der Waals surface area contributed by atoms with Crippen LogP contribution < -0.4 is 11.1 Å². The summed E-state index contributed by atoms with van der Waals surface area (Å²) in [5, 5.41) is 12.4. The first-order valence-corrected chi connectivity index (χ1v) is 7.04. The minimum Gasteiger partial charge on any atom is -0.508 e. The van der Waals surface area contributed by atoms with Gasteiger partial charge in [0, 0.05) is 6.04 Å². The van der Waals surface area contributed by atoms with Crippen LogP contribution in [0.3, 0.4) is 0 Å². The fourth-order valence-electron chi connectivity index (χ4n) is 2.89. The summed E-state index contributed by atoms with van der Waals surface area (Å²) in [5.41, 5.74) is 9.23. The van der Waals surface area contributed by atoms with E-state index in [0.717, 1.165) is 17.5 Å². The Morgan fingerprint density at radius 2 is 2.05 bits per heavy atom. The molecule has 3 rings (SSSR count). The number of fused-ring (bicyclic) bond motifs is 1. The molecule has 2 aromatic rings. The zero-order valence-corrected chi connectivity index (χ0v) is 11.6. The fourth-order valence-corrected chi connectivity index (χ4v) is 2.89. The molecule has 0 saturated carbocycles. The Labute approximate surface area is 123 Å². The second kappa shape index (κ2) is 5.58. The first kappa shape index (κ1) is 13.6. The van der Waals surface area contributed by atoms with Crippen molar-refractivity contribution in [1.82, 2.24) is 5.32 Å². The van der Waals surface area contributed by atoms with Crippen LogP contribution in [0.4, 0.5) is 0 Å². The van der Waals surface area contributed by atoms with Gasteiger partial charge >= 0.3 is 0 Å². The van der Waals surface area contributed by atoms with Gasteiger partial charge in [0.2, 0.25) is 5.91 Å². The lowest BCUT2D eigenvalue weighted by atomic mass is 10.1. The number of hydrogen-bond donors (Lipinski definition) is 3. The average molecular weight is 282 g/mol. The number of amides is 1. The zero-order chi connectivity index (χ0) is 14.8. The van der Waals surface area contributed by atoms with E-state index in [1.54, 1.807) is 18.2 Å². The van der Waals surface area contributed by atoms with Gasteiger partial charge in [-0.2, -0.15) is 0 Å². The Morgan fingerprint density at radius 1 is 1.24 bits per heavy atom. The molecule has 1 aliphatic carbocycles. The molecule has 0 heterocycles. The summed E-state index contributed by atoms with van der Waals surface area (Å²) in [6, 6.07) is 14.5. The van der Waals surface area contributed by atoms with Crippen LogP contribution in [-0.4, -0.2) is 17.1 Å². The second-order valence-corrected chi connectivity index (χ2v) is 5.46. The van der Waals surface area contributed by atoms with Gasteiger partial charge in [-0.25, -0.2) is 0 Å². The van der Waals surface area contributed by atoms with Crippen LogP contribution in [0.25, 0.3) is 0 Å². The van der Waals surface area contributed by atoms with Gasteiger partial charge in [0.15, 0.2) is 0 Å². The van der Waals surface area contributed by atoms with Gasteiger partial charge in [-0.1, -0.05) is 36.4 Å². The molecule has 2 atom stereocenters. The molecule has 0 spiro atoms. The standard InChI is InChI=1S/C17H18N2O2/c18-15-10-12-5-1-2-7-14(12)17(15)19-16(21)9-11-4-3-6-13(20)8-11/h1-8,15,17,20H,9-10,18H2,(H,19,21). The second-order valence-electron chi connectivity index (χ2n) is 5.46. The third-order valence-electron chi connectivity index (χ3n) is 3.87. The summed E-state index contributed by atoms with van der Waals surface area (Å²) >= 11 is 0. The minimum atomic E-state index is -0.133. The molecule has 1 aliphatic rings. The molecule has 0 aliphatic heterocycles. The third kappa shape index (κ3) is 2.90. The summed E-state index contributed by atoms with van der Waals surface area (Å²) < 4.78 is 0. The molecule has 1 amide bonds. The Hall–Kier alpha value is -2.33. The lowest BCUT2D eigenvalue weighted by Crippen LogP contribution is -2.39. The van der Waals surface area contributed by atoms with Crippen molar-refractivity contribution in [3.8, 4) is 5.75 Å². The maximum Gasteiger partial charge on any atom is 0.224 e. The predicted octanol–water partition coefficient (Wildman–Crippen LogP) is 1.68. The van der Waals surface area contributed by atoms with E-state index in [1.807, 2.05) is 24.3 Å². The van der Waals surface area contributed by atoms with Crippen molar-refractivity contribution in [2.75, 3.05) is 0 Å². The Bertz CT molecular complexity index is 669. The highest BCUT2D eigenvalue weighted by Crippen LogP contribution is 2.30. The Balaban J connectivity index is 1.70. The van der Waals surface area contributed by atoms with Crippen molar-refractivity contribution in [1.29, 1.82) is 0 Å². The van der Waals surface area contributed by atoms with Crippen molar-refractivity contribution in [2.45, 2.75) is 24.9 Å². The smallest absolute Gasteiger partial charge is 0.224 e. The van der Waals surface area contributed by atoms with Crippen LogP contribution in [0.15, 0.2) is 48.5 Å². The molecular weight excluding hydrogens is 264 g/mol. The van der Waals surface area contributed by atoms with Gasteiger partial charge in [0.05, 0.1) is 12.5 Å². The van der Waals surface area contributed by atoms with E-state index in [0.29, 0.717) is 0 Å². The van der Waals surface area contributed by atoms with Gasteiger partial charge in [-0.05, 0) is 35.2 Å². The number of hydrogen-bond acceptors (Lipinski definition) is 3. The molecule has 0 saturated heterocycles.